The second-order valence-corrected chi connectivity index (χ2v) is 6.24. The summed E-state index contributed by atoms with van der Waals surface area (Å²) in [4.78, 5) is 0. The van der Waals surface area contributed by atoms with Crippen molar-refractivity contribution in [3.63, 3.8) is 0 Å². The van der Waals surface area contributed by atoms with E-state index in [1.807, 2.05) is 6.07 Å². The lowest BCUT2D eigenvalue weighted by atomic mass is 10.3. The number of nitrogens with one attached hydrogen (secondary N) is 1. The molecule has 1 N–H and O–H groups in total. The van der Waals surface area contributed by atoms with Gasteiger partial charge in [-0.2, -0.15) is 13.7 Å². The fraction of sp³-hybridized carbons (Fsp3) is 0.182. The van der Waals surface area contributed by atoms with Crippen LogP contribution in [0.5, 0.6) is 5.75 Å². The predicted octanol–water partition coefficient (Wildman–Crippen LogP) is 1.28. The number of anilines is 1. The highest BCUT2D eigenvalue weighted by Crippen LogP contribution is 2.23. The second kappa shape index (κ2) is 6.11. The molecule has 0 unspecified atom stereocenters. The maximum Gasteiger partial charge on any atom is 0.281 e. The number of aromatic nitrogens is 3. The molecule has 2 rings (SSSR count). The third-order valence-electron chi connectivity index (χ3n) is 2.38. The number of nitriles is 1. The lowest BCUT2D eigenvalue weighted by Gasteiger charge is -2.09. The molecule has 110 valence electrons. The predicted molar refractivity (Wildman–Crippen MR) is 77.1 cm³/mol. The third-order valence-corrected chi connectivity index (χ3v) is 4.65. The van der Waals surface area contributed by atoms with Crippen molar-refractivity contribution >= 4 is 31.6 Å². The van der Waals surface area contributed by atoms with E-state index in [1.54, 1.807) is 18.2 Å². The van der Waals surface area contributed by atoms with Gasteiger partial charge in [-0.3, -0.25) is 4.72 Å². The fourth-order valence-electron chi connectivity index (χ4n) is 1.58. The minimum atomic E-state index is -3.85. The van der Waals surface area contributed by atoms with Gasteiger partial charge in [0.05, 0.1) is 5.69 Å². The van der Waals surface area contributed by atoms with Gasteiger partial charge in [0.1, 0.15) is 11.8 Å². The maximum absolute atomic E-state index is 12.3. The van der Waals surface area contributed by atoms with Gasteiger partial charge in [0, 0.05) is 13.1 Å². The molecule has 0 bridgehead atoms. The van der Waals surface area contributed by atoms with Crippen molar-refractivity contribution in [2.45, 2.75) is 5.03 Å². The van der Waals surface area contributed by atoms with Crippen LogP contribution in [0.2, 0.25) is 0 Å². The van der Waals surface area contributed by atoms with E-state index in [-0.39, 0.29) is 16.2 Å². The van der Waals surface area contributed by atoms with Gasteiger partial charge < -0.3 is 4.74 Å². The summed E-state index contributed by atoms with van der Waals surface area (Å²) in [5.74, 6) is 0.388. The number of aryl methyl sites for hydroxylation is 1. The fourth-order valence-corrected chi connectivity index (χ4v) is 3.72. The molecular weight excluding hydrogens is 362 g/mol. The first-order valence-electron chi connectivity index (χ1n) is 5.62. The average molecular weight is 372 g/mol. The van der Waals surface area contributed by atoms with Gasteiger partial charge in [0.2, 0.25) is 5.03 Å². The highest BCUT2D eigenvalue weighted by atomic mass is 79.9. The van der Waals surface area contributed by atoms with E-state index in [1.165, 1.54) is 13.1 Å². The van der Waals surface area contributed by atoms with Gasteiger partial charge in [-0.15, -0.1) is 5.10 Å². The van der Waals surface area contributed by atoms with Crippen LogP contribution in [0.4, 0.5) is 5.69 Å². The first kappa shape index (κ1) is 15.3. The Hall–Kier alpha value is -2.12. The molecule has 0 saturated carbocycles. The molecule has 0 aliphatic rings. The Morgan fingerprint density at radius 1 is 1.52 bits per heavy atom. The Morgan fingerprint density at radius 3 is 2.90 bits per heavy atom. The molecule has 0 atom stereocenters. The summed E-state index contributed by atoms with van der Waals surface area (Å²) < 4.78 is 33.4. The number of sulfonamides is 1. The van der Waals surface area contributed by atoms with Crippen LogP contribution in [0.25, 0.3) is 0 Å². The van der Waals surface area contributed by atoms with Crippen molar-refractivity contribution in [1.29, 1.82) is 5.26 Å². The summed E-state index contributed by atoms with van der Waals surface area (Å²) in [6.07, 6.45) is 0. The second-order valence-electron chi connectivity index (χ2n) is 3.89. The molecule has 0 amide bonds. The third kappa shape index (κ3) is 3.50. The Morgan fingerprint density at radius 2 is 2.29 bits per heavy atom. The SMILES string of the molecule is Cn1nnc(Br)c1S(=O)(=O)Nc1cccc(OCC#N)c1. The van der Waals surface area contributed by atoms with Gasteiger partial charge in [-0.25, -0.2) is 4.68 Å². The zero-order chi connectivity index (χ0) is 15.5. The minimum absolute atomic E-state index is 0.0918. The highest BCUT2D eigenvalue weighted by Gasteiger charge is 2.24. The van der Waals surface area contributed by atoms with Gasteiger partial charge in [0.15, 0.2) is 11.2 Å². The first-order chi connectivity index (χ1) is 9.94. The molecule has 8 nitrogen and oxygen atoms in total. The van der Waals surface area contributed by atoms with Crippen LogP contribution in [0.15, 0.2) is 33.9 Å². The van der Waals surface area contributed by atoms with Gasteiger partial charge in [-0.1, -0.05) is 11.3 Å². The van der Waals surface area contributed by atoms with E-state index < -0.39 is 10.0 Å². The molecule has 0 aliphatic carbocycles. The molecule has 1 aromatic heterocycles. The molecule has 2 aromatic rings. The van der Waals surface area contributed by atoms with Crippen LogP contribution in [0.1, 0.15) is 0 Å². The zero-order valence-electron chi connectivity index (χ0n) is 10.8. The van der Waals surface area contributed by atoms with Crippen molar-refractivity contribution in [3.05, 3.63) is 28.9 Å². The average Bonchev–Trinajstić information content (AvgIpc) is 2.76. The smallest absolute Gasteiger partial charge is 0.281 e. The Bertz CT molecular complexity index is 777. The van der Waals surface area contributed by atoms with Crippen molar-refractivity contribution in [1.82, 2.24) is 15.0 Å². The lowest BCUT2D eigenvalue weighted by Crippen LogP contribution is -2.17. The summed E-state index contributed by atoms with van der Waals surface area (Å²) in [7, 11) is -2.38. The Kier molecular flexibility index (Phi) is 4.44. The topological polar surface area (TPSA) is 110 Å². The van der Waals surface area contributed by atoms with Gasteiger partial charge in [0.25, 0.3) is 10.0 Å². The summed E-state index contributed by atoms with van der Waals surface area (Å²) in [5.41, 5.74) is 0.304. The molecule has 10 heteroatoms. The van der Waals surface area contributed by atoms with Crippen LogP contribution in [-0.2, 0) is 17.1 Å². The molecular formula is C11H10BrN5O3S. The van der Waals surface area contributed by atoms with Crippen molar-refractivity contribution in [2.24, 2.45) is 7.05 Å². The van der Waals surface area contributed by atoms with Gasteiger partial charge in [-0.05, 0) is 28.1 Å². The van der Waals surface area contributed by atoms with Crippen LogP contribution < -0.4 is 9.46 Å². The van der Waals surface area contributed by atoms with E-state index in [0.717, 1.165) is 4.68 Å². The number of benzene rings is 1. The highest BCUT2D eigenvalue weighted by molar-refractivity contribution is 9.10. The van der Waals surface area contributed by atoms with E-state index in [9.17, 15) is 8.42 Å². The molecule has 0 saturated heterocycles. The monoisotopic (exact) mass is 371 g/mol. The van der Waals surface area contributed by atoms with E-state index >= 15 is 0 Å². The summed E-state index contributed by atoms with van der Waals surface area (Å²) in [6, 6.07) is 8.11. The molecule has 0 aliphatic heterocycles. The normalized spacial score (nSPS) is 10.9. The minimum Gasteiger partial charge on any atom is -0.479 e. The van der Waals surface area contributed by atoms with E-state index in [4.69, 9.17) is 10.00 Å². The van der Waals surface area contributed by atoms with Crippen LogP contribution in [0.3, 0.4) is 0 Å². The molecule has 0 spiro atoms. The molecule has 1 heterocycles. The van der Waals surface area contributed by atoms with Gasteiger partial charge >= 0.3 is 0 Å². The van der Waals surface area contributed by atoms with Crippen LogP contribution in [0, 0.1) is 11.3 Å². The van der Waals surface area contributed by atoms with E-state index in [2.05, 4.69) is 31.0 Å². The number of hydrogen-bond donors (Lipinski definition) is 1. The molecule has 21 heavy (non-hydrogen) atoms. The maximum atomic E-state index is 12.3. The Labute approximate surface area is 129 Å². The molecule has 0 fully saturated rings. The van der Waals surface area contributed by atoms with Crippen LogP contribution in [-0.4, -0.2) is 30.0 Å². The summed E-state index contributed by atoms with van der Waals surface area (Å²) in [6.45, 7) is -0.118. The number of hydrogen-bond acceptors (Lipinski definition) is 6. The number of ether oxygens (including phenoxy) is 1. The van der Waals surface area contributed by atoms with Crippen molar-refractivity contribution in [2.75, 3.05) is 11.3 Å². The summed E-state index contributed by atoms with van der Waals surface area (Å²) >= 11 is 3.04. The number of nitrogens with zero attached hydrogens (tertiary/aromatic N) is 4. The Balaban J connectivity index is 2.27. The first-order valence-corrected chi connectivity index (χ1v) is 7.89. The molecule has 1 aromatic carbocycles. The van der Waals surface area contributed by atoms with E-state index in [0.29, 0.717) is 11.4 Å². The largest absolute Gasteiger partial charge is 0.479 e. The van der Waals surface area contributed by atoms with Crippen molar-refractivity contribution < 1.29 is 13.2 Å². The standard InChI is InChI=1S/C11H10BrN5O3S/c1-17-11(10(12)14-16-17)21(18,19)15-8-3-2-4-9(7-8)20-6-5-13/h2-4,7,15H,6H2,1H3. The lowest BCUT2D eigenvalue weighted by molar-refractivity contribution is 0.368. The summed E-state index contributed by atoms with van der Waals surface area (Å²) in [5, 5.41) is 15.6. The quantitative estimate of drug-likeness (QED) is 0.847. The van der Waals surface area contributed by atoms with Crippen molar-refractivity contribution in [3.8, 4) is 11.8 Å². The molecule has 0 radical (unpaired) electrons. The van der Waals surface area contributed by atoms with Crippen LogP contribution >= 0.6 is 15.9 Å². The zero-order valence-corrected chi connectivity index (χ0v) is 13.2. The number of halogens is 1. The number of rotatable bonds is 5.